The first-order valence-electron chi connectivity index (χ1n) is 8.77. The van der Waals surface area contributed by atoms with Gasteiger partial charge in [-0.1, -0.05) is 28.9 Å². The van der Waals surface area contributed by atoms with Crippen molar-refractivity contribution in [1.29, 1.82) is 0 Å². The summed E-state index contributed by atoms with van der Waals surface area (Å²) in [6.07, 6.45) is 2.44. The Morgan fingerprint density at radius 2 is 2.08 bits per heavy atom. The number of rotatable bonds is 5. The highest BCUT2D eigenvalue weighted by molar-refractivity contribution is 6.30. The molecule has 1 fully saturated rings. The summed E-state index contributed by atoms with van der Waals surface area (Å²) in [6, 6.07) is 9.26. The molecule has 1 N–H and O–H groups in total. The summed E-state index contributed by atoms with van der Waals surface area (Å²) in [5.74, 6) is 1.04. The molecule has 0 radical (unpaired) electrons. The lowest BCUT2D eigenvalue weighted by Crippen LogP contribution is -2.41. The number of carbonyl (C=O) groups excluding carboxylic acids is 2. The molecule has 0 spiro atoms. The van der Waals surface area contributed by atoms with Gasteiger partial charge in [-0.25, -0.2) is 0 Å². The molecule has 26 heavy (non-hydrogen) atoms. The first-order valence-corrected chi connectivity index (χ1v) is 9.15. The number of hydrogen-bond acceptors (Lipinski definition) is 4. The van der Waals surface area contributed by atoms with Gasteiger partial charge in [-0.3, -0.25) is 9.59 Å². The third-order valence-corrected chi connectivity index (χ3v) is 4.85. The molecule has 2 aromatic rings. The second-order valence-electron chi connectivity index (χ2n) is 6.60. The maximum Gasteiger partial charge on any atom is 0.228 e. The zero-order chi connectivity index (χ0) is 18.5. The van der Waals surface area contributed by atoms with E-state index in [1.54, 1.807) is 13.0 Å². The minimum atomic E-state index is -0.107. The maximum atomic E-state index is 12.4. The van der Waals surface area contributed by atoms with Gasteiger partial charge in [0.2, 0.25) is 11.8 Å². The lowest BCUT2D eigenvalue weighted by molar-refractivity contribution is -0.134. The molecule has 1 aliphatic heterocycles. The number of piperidine rings is 1. The lowest BCUT2D eigenvalue weighted by atomic mass is 9.95. The van der Waals surface area contributed by atoms with E-state index in [0.717, 1.165) is 5.56 Å². The number of carbonyl (C=O) groups is 2. The fraction of sp³-hybridized carbons (Fsp3) is 0.421. The monoisotopic (exact) mass is 375 g/mol. The Morgan fingerprint density at radius 3 is 2.73 bits per heavy atom. The first-order chi connectivity index (χ1) is 12.5. The van der Waals surface area contributed by atoms with Gasteiger partial charge in [-0.15, -0.1) is 0 Å². The van der Waals surface area contributed by atoms with Gasteiger partial charge in [0.1, 0.15) is 5.76 Å². The molecule has 1 saturated heterocycles. The Kier molecular flexibility index (Phi) is 5.93. The third kappa shape index (κ3) is 4.85. The Morgan fingerprint density at radius 1 is 1.31 bits per heavy atom. The summed E-state index contributed by atoms with van der Waals surface area (Å²) in [4.78, 5) is 26.5. The Balaban J connectivity index is 1.44. The van der Waals surface area contributed by atoms with E-state index in [-0.39, 0.29) is 17.7 Å². The van der Waals surface area contributed by atoms with Gasteiger partial charge in [0.05, 0.1) is 0 Å². The Bertz CT molecular complexity index is 782. The van der Waals surface area contributed by atoms with Crippen LogP contribution in [0, 0.1) is 12.8 Å². The summed E-state index contributed by atoms with van der Waals surface area (Å²) in [7, 11) is 0. The van der Waals surface area contributed by atoms with Crippen LogP contribution in [0.15, 0.2) is 34.9 Å². The highest BCUT2D eigenvalue weighted by atomic mass is 35.5. The predicted octanol–water partition coefficient (Wildman–Crippen LogP) is 3.45. The first kappa shape index (κ1) is 18.5. The van der Waals surface area contributed by atoms with Crippen LogP contribution in [0.2, 0.25) is 5.02 Å². The van der Waals surface area contributed by atoms with Crippen LogP contribution in [-0.4, -0.2) is 35.0 Å². The summed E-state index contributed by atoms with van der Waals surface area (Å²) in [5, 5.41) is 7.23. The molecule has 0 saturated carbocycles. The lowest BCUT2D eigenvalue weighted by Gasteiger charge is -2.31. The minimum absolute atomic E-state index is 0.0654. The number of aromatic nitrogens is 1. The van der Waals surface area contributed by atoms with E-state index < -0.39 is 0 Å². The highest BCUT2D eigenvalue weighted by Crippen LogP contribution is 2.21. The van der Waals surface area contributed by atoms with Crippen LogP contribution in [0.1, 0.15) is 30.6 Å². The number of anilines is 1. The van der Waals surface area contributed by atoms with E-state index >= 15 is 0 Å². The molecule has 6 nitrogen and oxygen atoms in total. The minimum Gasteiger partial charge on any atom is -0.360 e. The maximum absolute atomic E-state index is 12.4. The van der Waals surface area contributed by atoms with Gasteiger partial charge in [0, 0.05) is 36.5 Å². The average molecular weight is 376 g/mol. The number of aryl methyl sites for hydroxylation is 2. The molecule has 1 aromatic carbocycles. The molecular weight excluding hydrogens is 354 g/mol. The van der Waals surface area contributed by atoms with E-state index in [2.05, 4.69) is 10.5 Å². The number of benzene rings is 1. The highest BCUT2D eigenvalue weighted by Gasteiger charge is 2.27. The van der Waals surface area contributed by atoms with Crippen LogP contribution < -0.4 is 5.32 Å². The van der Waals surface area contributed by atoms with Crippen LogP contribution in [-0.2, 0) is 16.0 Å². The zero-order valence-electron chi connectivity index (χ0n) is 14.7. The van der Waals surface area contributed by atoms with Crippen molar-refractivity contribution in [2.45, 2.75) is 32.6 Å². The van der Waals surface area contributed by atoms with E-state index in [1.165, 1.54) is 0 Å². The van der Waals surface area contributed by atoms with Gasteiger partial charge >= 0.3 is 0 Å². The SMILES string of the molecule is Cc1cc(NC(=O)C2CCN(C(=O)CCc3cccc(Cl)c3)CC2)no1. The average Bonchev–Trinajstić information content (AvgIpc) is 3.04. The van der Waals surface area contributed by atoms with Crippen LogP contribution in [0.25, 0.3) is 0 Å². The van der Waals surface area contributed by atoms with Crippen molar-refractivity contribution in [1.82, 2.24) is 10.1 Å². The number of likely N-dealkylation sites (tertiary alicyclic amines) is 1. The quantitative estimate of drug-likeness (QED) is 0.868. The number of nitrogens with zero attached hydrogens (tertiary/aromatic N) is 2. The fourth-order valence-corrected chi connectivity index (χ4v) is 3.36. The number of halogens is 1. The molecule has 138 valence electrons. The van der Waals surface area contributed by atoms with Crippen molar-refractivity contribution >= 4 is 29.2 Å². The molecule has 1 aromatic heterocycles. The van der Waals surface area contributed by atoms with Crippen molar-refractivity contribution in [3.63, 3.8) is 0 Å². The Labute approximate surface area is 157 Å². The zero-order valence-corrected chi connectivity index (χ0v) is 15.5. The summed E-state index contributed by atoms with van der Waals surface area (Å²) in [6.45, 7) is 2.98. The van der Waals surface area contributed by atoms with Crippen LogP contribution in [0.5, 0.6) is 0 Å². The summed E-state index contributed by atoms with van der Waals surface area (Å²) in [5.41, 5.74) is 1.06. The van der Waals surface area contributed by atoms with Crippen molar-refractivity contribution in [3.8, 4) is 0 Å². The van der Waals surface area contributed by atoms with E-state index in [0.29, 0.717) is 55.4 Å². The van der Waals surface area contributed by atoms with Crippen molar-refractivity contribution in [2.75, 3.05) is 18.4 Å². The standard InChI is InChI=1S/C19H22ClN3O3/c1-13-11-17(22-26-13)21-19(25)15-7-9-23(10-8-15)18(24)6-5-14-3-2-4-16(20)12-14/h2-4,11-12,15H,5-10H2,1H3,(H,21,22,25). The largest absolute Gasteiger partial charge is 0.360 e. The van der Waals surface area contributed by atoms with Gasteiger partial charge < -0.3 is 14.7 Å². The van der Waals surface area contributed by atoms with Gasteiger partial charge in [-0.2, -0.15) is 0 Å². The van der Waals surface area contributed by atoms with Gasteiger partial charge in [0.15, 0.2) is 5.82 Å². The van der Waals surface area contributed by atoms with Crippen molar-refractivity contribution < 1.29 is 14.1 Å². The number of nitrogens with one attached hydrogen (secondary N) is 1. The van der Waals surface area contributed by atoms with Crippen LogP contribution in [0.4, 0.5) is 5.82 Å². The van der Waals surface area contributed by atoms with Crippen molar-refractivity contribution in [3.05, 3.63) is 46.7 Å². The second kappa shape index (κ2) is 8.36. The molecule has 1 aliphatic rings. The normalized spacial score (nSPS) is 15.1. The molecule has 0 unspecified atom stereocenters. The summed E-state index contributed by atoms with van der Waals surface area (Å²) >= 11 is 5.97. The second-order valence-corrected chi connectivity index (χ2v) is 7.03. The predicted molar refractivity (Wildman–Crippen MR) is 98.9 cm³/mol. The smallest absolute Gasteiger partial charge is 0.228 e. The van der Waals surface area contributed by atoms with E-state index in [9.17, 15) is 9.59 Å². The van der Waals surface area contributed by atoms with Gasteiger partial charge in [-0.05, 0) is 43.9 Å². The van der Waals surface area contributed by atoms with Crippen LogP contribution >= 0.6 is 11.6 Å². The van der Waals surface area contributed by atoms with E-state index in [4.69, 9.17) is 16.1 Å². The molecule has 2 amide bonds. The Hall–Kier alpha value is -2.34. The number of hydrogen-bond donors (Lipinski definition) is 1. The molecular formula is C19H22ClN3O3. The topological polar surface area (TPSA) is 75.4 Å². The van der Waals surface area contributed by atoms with Crippen LogP contribution in [0.3, 0.4) is 0 Å². The molecule has 0 atom stereocenters. The fourth-order valence-electron chi connectivity index (χ4n) is 3.15. The molecule has 2 heterocycles. The molecule has 0 bridgehead atoms. The summed E-state index contributed by atoms with van der Waals surface area (Å²) < 4.78 is 4.95. The number of amides is 2. The molecule has 0 aliphatic carbocycles. The third-order valence-electron chi connectivity index (χ3n) is 4.61. The molecule has 7 heteroatoms. The van der Waals surface area contributed by atoms with Crippen molar-refractivity contribution in [2.24, 2.45) is 5.92 Å². The molecule has 3 rings (SSSR count). The van der Waals surface area contributed by atoms with Gasteiger partial charge in [0.25, 0.3) is 0 Å². The van der Waals surface area contributed by atoms with E-state index in [1.807, 2.05) is 29.2 Å².